The van der Waals surface area contributed by atoms with E-state index in [2.05, 4.69) is 4.90 Å². The van der Waals surface area contributed by atoms with Gasteiger partial charge in [0.05, 0.1) is 11.7 Å². The van der Waals surface area contributed by atoms with Crippen molar-refractivity contribution in [2.75, 3.05) is 39.9 Å². The first-order valence-corrected chi connectivity index (χ1v) is 11.6. The van der Waals surface area contributed by atoms with E-state index in [1.165, 1.54) is 6.07 Å². The molecule has 0 spiro atoms. The number of piperidine rings is 1. The van der Waals surface area contributed by atoms with E-state index < -0.39 is 0 Å². The molecule has 0 aromatic heterocycles. The highest BCUT2D eigenvalue weighted by Gasteiger charge is 2.32. The molecule has 5 nitrogen and oxygen atoms in total. The number of ether oxygens (including phenoxy) is 2. The fourth-order valence-electron chi connectivity index (χ4n) is 4.91. The third kappa shape index (κ3) is 5.67. The summed E-state index contributed by atoms with van der Waals surface area (Å²) in [6, 6.07) is 14.3. The highest BCUT2D eigenvalue weighted by atomic mass is 19.1. The van der Waals surface area contributed by atoms with Crippen molar-refractivity contribution in [2.24, 2.45) is 5.92 Å². The van der Waals surface area contributed by atoms with E-state index in [1.54, 1.807) is 19.2 Å². The summed E-state index contributed by atoms with van der Waals surface area (Å²) in [5, 5.41) is 0. The van der Waals surface area contributed by atoms with Gasteiger partial charge >= 0.3 is 0 Å². The molecule has 6 heteroatoms. The molecule has 0 radical (unpaired) electrons. The number of hydrogen-bond acceptors (Lipinski definition) is 4. The standard InChI is InChI=1S/C26H33FN2O3/c1-31-24-12-14-29-19-21(24)8-4-5-13-28(18-20-7-6-9-22(27)17-20)15-16-32-25-11-3-2-10-23(25)26(29)30/h2-3,6-7,9-11,17,21,24H,4-5,8,12-16,18-19H2,1H3/t21-,24+/m0/s1. The summed E-state index contributed by atoms with van der Waals surface area (Å²) in [5.41, 5.74) is 1.58. The molecule has 4 rings (SSSR count). The van der Waals surface area contributed by atoms with Gasteiger partial charge in [0.1, 0.15) is 18.2 Å². The van der Waals surface area contributed by atoms with Gasteiger partial charge in [-0.1, -0.05) is 30.7 Å². The summed E-state index contributed by atoms with van der Waals surface area (Å²) in [7, 11) is 1.78. The van der Waals surface area contributed by atoms with Crippen molar-refractivity contribution < 1.29 is 18.7 Å². The number of para-hydroxylation sites is 1. The smallest absolute Gasteiger partial charge is 0.257 e. The number of carbonyl (C=O) groups excluding carboxylic acids is 1. The van der Waals surface area contributed by atoms with Gasteiger partial charge in [-0.3, -0.25) is 9.69 Å². The third-order valence-corrected chi connectivity index (χ3v) is 6.63. The van der Waals surface area contributed by atoms with Crippen LogP contribution < -0.4 is 4.74 Å². The van der Waals surface area contributed by atoms with Crippen LogP contribution in [0.2, 0.25) is 0 Å². The van der Waals surface area contributed by atoms with Crippen LogP contribution in [0.15, 0.2) is 48.5 Å². The van der Waals surface area contributed by atoms with Crippen molar-refractivity contribution in [3.05, 3.63) is 65.5 Å². The molecule has 0 aliphatic carbocycles. The number of nitrogens with zero attached hydrogens (tertiary/aromatic N) is 2. The van der Waals surface area contributed by atoms with Gasteiger partial charge in [-0.05, 0) is 55.6 Å². The zero-order valence-corrected chi connectivity index (χ0v) is 18.8. The molecule has 1 amide bonds. The van der Waals surface area contributed by atoms with E-state index in [1.807, 2.05) is 35.2 Å². The molecule has 2 bridgehead atoms. The molecular formula is C26H33FN2O3. The maximum Gasteiger partial charge on any atom is 0.257 e. The quantitative estimate of drug-likeness (QED) is 0.711. The zero-order valence-electron chi connectivity index (χ0n) is 18.8. The molecular weight excluding hydrogens is 407 g/mol. The molecule has 1 fully saturated rings. The number of amides is 1. The molecule has 172 valence electrons. The Morgan fingerprint density at radius 2 is 1.94 bits per heavy atom. The summed E-state index contributed by atoms with van der Waals surface area (Å²) in [6.07, 6.45) is 4.22. The predicted molar refractivity (Wildman–Crippen MR) is 122 cm³/mol. The van der Waals surface area contributed by atoms with Gasteiger partial charge in [0.2, 0.25) is 0 Å². The van der Waals surface area contributed by atoms with E-state index in [-0.39, 0.29) is 17.8 Å². The largest absolute Gasteiger partial charge is 0.491 e. The maximum atomic E-state index is 13.7. The molecule has 32 heavy (non-hydrogen) atoms. The topological polar surface area (TPSA) is 42.0 Å². The Kier molecular flexibility index (Phi) is 7.76. The monoisotopic (exact) mass is 440 g/mol. The van der Waals surface area contributed by atoms with Crippen molar-refractivity contribution in [2.45, 2.75) is 38.3 Å². The van der Waals surface area contributed by atoms with Crippen LogP contribution in [-0.4, -0.2) is 61.7 Å². The predicted octanol–water partition coefficient (Wildman–Crippen LogP) is 4.37. The minimum atomic E-state index is -0.208. The molecule has 2 aliphatic heterocycles. The fraction of sp³-hybridized carbons (Fsp3) is 0.500. The van der Waals surface area contributed by atoms with Gasteiger partial charge in [0.25, 0.3) is 5.91 Å². The second kappa shape index (κ2) is 10.9. The molecule has 0 saturated carbocycles. The number of benzene rings is 2. The van der Waals surface area contributed by atoms with Crippen molar-refractivity contribution in [1.29, 1.82) is 0 Å². The number of rotatable bonds is 3. The number of fused-ring (bicyclic) bond motifs is 3. The average molecular weight is 441 g/mol. The van der Waals surface area contributed by atoms with E-state index in [0.29, 0.717) is 43.5 Å². The SMILES string of the molecule is CO[C@@H]1CCN2C[C@@H]1CCCCN(Cc1cccc(F)c1)CCOc1ccccc1C2=O. The molecule has 2 heterocycles. The van der Waals surface area contributed by atoms with E-state index in [0.717, 1.165) is 44.3 Å². The Hall–Kier alpha value is -2.44. The highest BCUT2D eigenvalue weighted by molar-refractivity contribution is 5.97. The van der Waals surface area contributed by atoms with Gasteiger partial charge in [0, 0.05) is 39.2 Å². The lowest BCUT2D eigenvalue weighted by Gasteiger charge is -2.38. The molecule has 2 atom stereocenters. The Bertz CT molecular complexity index is 906. The first-order valence-electron chi connectivity index (χ1n) is 11.6. The maximum absolute atomic E-state index is 13.7. The Morgan fingerprint density at radius 1 is 1.06 bits per heavy atom. The van der Waals surface area contributed by atoms with Crippen LogP contribution >= 0.6 is 0 Å². The van der Waals surface area contributed by atoms with Gasteiger partial charge in [0.15, 0.2) is 0 Å². The Morgan fingerprint density at radius 3 is 2.78 bits per heavy atom. The Balaban J connectivity index is 1.53. The van der Waals surface area contributed by atoms with Crippen LogP contribution in [0.1, 0.15) is 41.6 Å². The van der Waals surface area contributed by atoms with Crippen LogP contribution in [0, 0.1) is 11.7 Å². The third-order valence-electron chi connectivity index (χ3n) is 6.63. The second-order valence-corrected chi connectivity index (χ2v) is 8.82. The summed E-state index contributed by atoms with van der Waals surface area (Å²) >= 11 is 0. The highest BCUT2D eigenvalue weighted by Crippen LogP contribution is 2.28. The van der Waals surface area contributed by atoms with Crippen LogP contribution in [0.4, 0.5) is 4.39 Å². The molecule has 2 aliphatic rings. The van der Waals surface area contributed by atoms with Crippen LogP contribution in [-0.2, 0) is 11.3 Å². The van der Waals surface area contributed by atoms with Gasteiger partial charge in [-0.25, -0.2) is 4.39 Å². The molecule has 0 N–H and O–H groups in total. The first kappa shape index (κ1) is 22.7. The molecule has 2 aromatic carbocycles. The lowest BCUT2D eigenvalue weighted by Crippen LogP contribution is -2.46. The number of hydrogen-bond donors (Lipinski definition) is 0. The van der Waals surface area contributed by atoms with E-state index in [4.69, 9.17) is 9.47 Å². The van der Waals surface area contributed by atoms with Crippen molar-refractivity contribution in [1.82, 2.24) is 9.80 Å². The van der Waals surface area contributed by atoms with Crippen LogP contribution in [0.25, 0.3) is 0 Å². The molecule has 2 aromatic rings. The average Bonchev–Trinajstić information content (AvgIpc) is 2.81. The summed E-state index contributed by atoms with van der Waals surface area (Å²) < 4.78 is 25.5. The molecule has 1 saturated heterocycles. The zero-order chi connectivity index (χ0) is 22.3. The van der Waals surface area contributed by atoms with E-state index >= 15 is 0 Å². The summed E-state index contributed by atoms with van der Waals surface area (Å²) in [4.78, 5) is 17.6. The van der Waals surface area contributed by atoms with Crippen LogP contribution in [0.5, 0.6) is 5.75 Å². The Labute approximate surface area is 190 Å². The normalized spacial score (nSPS) is 23.2. The van der Waals surface area contributed by atoms with Crippen molar-refractivity contribution >= 4 is 5.91 Å². The number of methoxy groups -OCH3 is 1. The lowest BCUT2D eigenvalue weighted by molar-refractivity contribution is -0.00702. The van der Waals surface area contributed by atoms with Crippen molar-refractivity contribution in [3.63, 3.8) is 0 Å². The first-order chi connectivity index (χ1) is 15.6. The molecule has 0 unspecified atom stereocenters. The fourth-order valence-corrected chi connectivity index (χ4v) is 4.91. The van der Waals surface area contributed by atoms with Gasteiger partial charge in [-0.15, -0.1) is 0 Å². The number of carbonyl (C=O) groups is 1. The summed E-state index contributed by atoms with van der Waals surface area (Å²) in [6.45, 7) is 4.23. The lowest BCUT2D eigenvalue weighted by atomic mass is 9.89. The van der Waals surface area contributed by atoms with Crippen LogP contribution in [0.3, 0.4) is 0 Å². The van der Waals surface area contributed by atoms with Crippen molar-refractivity contribution in [3.8, 4) is 5.75 Å². The minimum Gasteiger partial charge on any atom is -0.491 e. The summed E-state index contributed by atoms with van der Waals surface area (Å²) in [5.74, 6) is 0.797. The van der Waals surface area contributed by atoms with Gasteiger partial charge in [-0.2, -0.15) is 0 Å². The minimum absolute atomic E-state index is 0.0360. The number of halogens is 1. The van der Waals surface area contributed by atoms with Gasteiger partial charge < -0.3 is 14.4 Å². The second-order valence-electron chi connectivity index (χ2n) is 8.82. The van der Waals surface area contributed by atoms with E-state index in [9.17, 15) is 9.18 Å².